The average Bonchev–Trinajstić information content (AvgIpc) is 2.61. The molecule has 25 heavy (non-hydrogen) atoms. The number of hydrogen-bond donors (Lipinski definition) is 1. The van der Waals surface area contributed by atoms with Crippen LogP contribution in [0.15, 0.2) is 35.2 Å². The van der Waals surface area contributed by atoms with Gasteiger partial charge in [0.25, 0.3) is 0 Å². The second kappa shape index (κ2) is 8.14. The maximum Gasteiger partial charge on any atom is 0.240 e. The molecule has 0 atom stereocenters. The number of benzene rings is 2. The van der Waals surface area contributed by atoms with Crippen LogP contribution in [0.3, 0.4) is 0 Å². The molecule has 0 aliphatic carbocycles. The van der Waals surface area contributed by atoms with Crippen molar-refractivity contribution in [3.63, 3.8) is 0 Å². The minimum absolute atomic E-state index is 0.0225. The van der Waals surface area contributed by atoms with Crippen LogP contribution in [-0.2, 0) is 16.6 Å². The molecular weight excluding hydrogens is 389 g/mol. The van der Waals surface area contributed by atoms with Crippen LogP contribution in [0.5, 0.6) is 17.2 Å². The number of ether oxygens (including phenoxy) is 3. The lowest BCUT2D eigenvalue weighted by Gasteiger charge is -2.14. The molecule has 0 bridgehead atoms. The molecule has 0 aliphatic heterocycles. The Kier molecular flexibility index (Phi) is 6.40. The van der Waals surface area contributed by atoms with Crippen molar-refractivity contribution in [3.8, 4) is 17.2 Å². The molecule has 0 aromatic heterocycles. The summed E-state index contributed by atoms with van der Waals surface area (Å²) in [6.07, 6.45) is 0. The van der Waals surface area contributed by atoms with Crippen molar-refractivity contribution in [2.24, 2.45) is 0 Å². The molecule has 1 N–H and O–H groups in total. The van der Waals surface area contributed by atoms with E-state index in [1.807, 2.05) is 0 Å². The van der Waals surface area contributed by atoms with Gasteiger partial charge in [0.15, 0.2) is 11.5 Å². The molecule has 9 heteroatoms. The molecule has 0 heterocycles. The number of hydrogen-bond acceptors (Lipinski definition) is 5. The number of rotatable bonds is 7. The lowest BCUT2D eigenvalue weighted by Crippen LogP contribution is -2.23. The third kappa shape index (κ3) is 4.49. The van der Waals surface area contributed by atoms with E-state index in [9.17, 15) is 8.42 Å². The Balaban J connectivity index is 2.26. The second-order valence-corrected chi connectivity index (χ2v) is 7.52. The van der Waals surface area contributed by atoms with E-state index in [2.05, 4.69) is 4.72 Å². The SMILES string of the molecule is COc1cc(CNS(=O)(=O)c2ccc(Cl)c(Cl)c2)cc(OC)c1OC. The smallest absolute Gasteiger partial charge is 0.240 e. The zero-order chi connectivity index (χ0) is 18.6. The van der Waals surface area contributed by atoms with Gasteiger partial charge in [-0.25, -0.2) is 13.1 Å². The monoisotopic (exact) mass is 405 g/mol. The molecule has 0 saturated heterocycles. The van der Waals surface area contributed by atoms with E-state index in [0.29, 0.717) is 22.8 Å². The first-order chi connectivity index (χ1) is 11.8. The van der Waals surface area contributed by atoms with Crippen LogP contribution in [0.1, 0.15) is 5.56 Å². The van der Waals surface area contributed by atoms with Gasteiger partial charge >= 0.3 is 0 Å². The normalized spacial score (nSPS) is 11.2. The van der Waals surface area contributed by atoms with E-state index in [1.54, 1.807) is 12.1 Å². The minimum Gasteiger partial charge on any atom is -0.493 e. The molecule has 2 aromatic carbocycles. The maximum atomic E-state index is 12.4. The Hall–Kier alpha value is -1.67. The Morgan fingerprint density at radius 1 is 0.920 bits per heavy atom. The van der Waals surface area contributed by atoms with Crippen molar-refractivity contribution in [2.45, 2.75) is 11.4 Å². The summed E-state index contributed by atoms with van der Waals surface area (Å²) in [7, 11) is 0.709. The van der Waals surface area contributed by atoms with Gasteiger partial charge in [0, 0.05) is 6.54 Å². The summed E-state index contributed by atoms with van der Waals surface area (Å²) in [5.74, 6) is 1.30. The van der Waals surface area contributed by atoms with E-state index in [1.165, 1.54) is 39.5 Å². The fourth-order valence-electron chi connectivity index (χ4n) is 2.14. The molecule has 0 unspecified atom stereocenters. The Morgan fingerprint density at radius 3 is 2.00 bits per heavy atom. The lowest BCUT2D eigenvalue weighted by atomic mass is 10.2. The predicted octanol–water partition coefficient (Wildman–Crippen LogP) is 3.50. The van der Waals surface area contributed by atoms with Gasteiger partial charge in [-0.3, -0.25) is 0 Å². The first-order valence-electron chi connectivity index (χ1n) is 7.06. The first kappa shape index (κ1) is 19.7. The molecule has 0 spiro atoms. The summed E-state index contributed by atoms with van der Waals surface area (Å²) >= 11 is 11.7. The topological polar surface area (TPSA) is 73.9 Å². The zero-order valence-electron chi connectivity index (χ0n) is 13.8. The van der Waals surface area contributed by atoms with Crippen molar-refractivity contribution in [1.29, 1.82) is 0 Å². The summed E-state index contributed by atoms with van der Waals surface area (Å²) in [5.41, 5.74) is 0.637. The Labute approximate surface area is 156 Å². The summed E-state index contributed by atoms with van der Waals surface area (Å²) in [4.78, 5) is 0.0225. The van der Waals surface area contributed by atoms with Gasteiger partial charge in [-0.2, -0.15) is 0 Å². The molecule has 0 fully saturated rings. The highest BCUT2D eigenvalue weighted by molar-refractivity contribution is 7.89. The standard InChI is InChI=1S/C16H17Cl2NO5S/c1-22-14-6-10(7-15(23-2)16(14)24-3)9-19-25(20,21)11-4-5-12(17)13(18)8-11/h4-8,19H,9H2,1-3H3. The van der Waals surface area contributed by atoms with E-state index < -0.39 is 10.0 Å². The summed E-state index contributed by atoms with van der Waals surface area (Å²) < 4.78 is 43.0. The van der Waals surface area contributed by atoms with Crippen LogP contribution in [-0.4, -0.2) is 29.7 Å². The van der Waals surface area contributed by atoms with Gasteiger partial charge in [0.1, 0.15) is 0 Å². The van der Waals surface area contributed by atoms with Crippen LogP contribution in [0.4, 0.5) is 0 Å². The van der Waals surface area contributed by atoms with Crippen molar-refractivity contribution >= 4 is 33.2 Å². The molecule has 0 amide bonds. The van der Waals surface area contributed by atoms with Gasteiger partial charge in [0.2, 0.25) is 15.8 Å². The molecule has 0 radical (unpaired) electrons. The third-order valence-electron chi connectivity index (χ3n) is 3.39. The largest absolute Gasteiger partial charge is 0.493 e. The quantitative estimate of drug-likeness (QED) is 0.762. The number of nitrogens with one attached hydrogen (secondary N) is 1. The molecule has 2 aromatic rings. The fourth-order valence-corrected chi connectivity index (χ4v) is 3.55. The predicted molar refractivity (Wildman–Crippen MR) is 96.6 cm³/mol. The van der Waals surface area contributed by atoms with Crippen LogP contribution in [0, 0.1) is 0 Å². The highest BCUT2D eigenvalue weighted by Crippen LogP contribution is 2.38. The number of methoxy groups -OCH3 is 3. The third-order valence-corrected chi connectivity index (χ3v) is 5.53. The van der Waals surface area contributed by atoms with Crippen LogP contribution in [0.25, 0.3) is 0 Å². The van der Waals surface area contributed by atoms with Gasteiger partial charge in [0.05, 0.1) is 36.3 Å². The van der Waals surface area contributed by atoms with E-state index in [0.717, 1.165) is 0 Å². The molecular formula is C16H17Cl2NO5S. The average molecular weight is 406 g/mol. The highest BCUT2D eigenvalue weighted by Gasteiger charge is 2.17. The summed E-state index contributed by atoms with van der Waals surface area (Å²) in [6, 6.07) is 7.43. The summed E-state index contributed by atoms with van der Waals surface area (Å²) in [6.45, 7) is 0.0271. The van der Waals surface area contributed by atoms with Crippen molar-refractivity contribution in [1.82, 2.24) is 4.72 Å². The first-order valence-corrected chi connectivity index (χ1v) is 9.30. The molecule has 0 aliphatic rings. The van der Waals surface area contributed by atoms with Crippen molar-refractivity contribution < 1.29 is 22.6 Å². The molecule has 0 saturated carbocycles. The number of sulfonamides is 1. The van der Waals surface area contributed by atoms with E-state index in [-0.39, 0.29) is 21.5 Å². The van der Waals surface area contributed by atoms with E-state index >= 15 is 0 Å². The van der Waals surface area contributed by atoms with Crippen LogP contribution >= 0.6 is 23.2 Å². The van der Waals surface area contributed by atoms with Gasteiger partial charge in [-0.15, -0.1) is 0 Å². The lowest BCUT2D eigenvalue weighted by molar-refractivity contribution is 0.323. The summed E-state index contributed by atoms with van der Waals surface area (Å²) in [5, 5.41) is 0.447. The Morgan fingerprint density at radius 2 is 1.52 bits per heavy atom. The van der Waals surface area contributed by atoms with Gasteiger partial charge < -0.3 is 14.2 Å². The Bertz CT molecular complexity index is 846. The van der Waals surface area contributed by atoms with Crippen LogP contribution < -0.4 is 18.9 Å². The van der Waals surface area contributed by atoms with Gasteiger partial charge in [-0.05, 0) is 35.9 Å². The van der Waals surface area contributed by atoms with Crippen LogP contribution in [0.2, 0.25) is 10.0 Å². The molecule has 6 nitrogen and oxygen atoms in total. The highest BCUT2D eigenvalue weighted by atomic mass is 35.5. The number of halogens is 2. The van der Waals surface area contributed by atoms with Crippen molar-refractivity contribution in [2.75, 3.05) is 21.3 Å². The fraction of sp³-hybridized carbons (Fsp3) is 0.250. The molecule has 2 rings (SSSR count). The second-order valence-electron chi connectivity index (χ2n) is 4.93. The van der Waals surface area contributed by atoms with Crippen molar-refractivity contribution in [3.05, 3.63) is 45.9 Å². The minimum atomic E-state index is -3.76. The maximum absolute atomic E-state index is 12.4. The van der Waals surface area contributed by atoms with E-state index in [4.69, 9.17) is 37.4 Å². The van der Waals surface area contributed by atoms with Gasteiger partial charge in [-0.1, -0.05) is 23.2 Å². The zero-order valence-corrected chi connectivity index (χ0v) is 16.1. The molecule has 136 valence electrons.